The molecule has 0 aromatic heterocycles. The second-order valence-corrected chi connectivity index (χ2v) is 5.17. The molecule has 2 rings (SSSR count). The zero-order valence-electron chi connectivity index (χ0n) is 9.99. The number of nitrogen functional groups attached to an aromatic ring is 1. The van der Waals surface area contributed by atoms with Gasteiger partial charge in [-0.1, -0.05) is 51.8 Å². The van der Waals surface area contributed by atoms with Crippen molar-refractivity contribution in [3.05, 3.63) is 63.1 Å². The molecule has 0 unspecified atom stereocenters. The van der Waals surface area contributed by atoms with Crippen LogP contribution in [-0.4, -0.2) is 5.84 Å². The number of ether oxygens (including phenoxy) is 1. The van der Waals surface area contributed by atoms with Crippen LogP contribution in [0.4, 0.5) is 0 Å². The van der Waals surface area contributed by atoms with Crippen LogP contribution in [0.5, 0.6) is 5.75 Å². The lowest BCUT2D eigenvalue weighted by Crippen LogP contribution is -2.14. The molecule has 0 radical (unpaired) electrons. The van der Waals surface area contributed by atoms with Crippen molar-refractivity contribution in [3.63, 3.8) is 0 Å². The summed E-state index contributed by atoms with van der Waals surface area (Å²) < 4.78 is 6.68. The summed E-state index contributed by atoms with van der Waals surface area (Å²) in [6.07, 6.45) is 0. The Morgan fingerprint density at radius 1 is 1.21 bits per heavy atom. The van der Waals surface area contributed by atoms with E-state index in [0.29, 0.717) is 22.9 Å². The van der Waals surface area contributed by atoms with Crippen molar-refractivity contribution in [1.29, 1.82) is 5.41 Å². The number of rotatable bonds is 4. The molecule has 0 spiro atoms. The van der Waals surface area contributed by atoms with Gasteiger partial charge in [0.15, 0.2) is 0 Å². The quantitative estimate of drug-likeness (QED) is 0.654. The Hall–Kier alpha value is -1.52. The molecule has 0 fully saturated rings. The van der Waals surface area contributed by atoms with Crippen LogP contribution in [0.25, 0.3) is 0 Å². The molecule has 0 amide bonds. The number of amidine groups is 1. The predicted octanol–water partition coefficient (Wildman–Crippen LogP) is 3.97. The molecule has 98 valence electrons. The van der Waals surface area contributed by atoms with E-state index < -0.39 is 0 Å². The first kappa shape index (κ1) is 13.9. The highest BCUT2D eigenvalue weighted by Gasteiger charge is 2.11. The van der Waals surface area contributed by atoms with Gasteiger partial charge in [-0.05, 0) is 18.2 Å². The lowest BCUT2D eigenvalue weighted by molar-refractivity contribution is 0.305. The Bertz CT molecular complexity index is 616. The van der Waals surface area contributed by atoms with E-state index >= 15 is 0 Å². The van der Waals surface area contributed by atoms with Crippen LogP contribution in [0.3, 0.4) is 0 Å². The maximum atomic E-state index is 7.55. The molecule has 2 aromatic carbocycles. The van der Waals surface area contributed by atoms with Crippen LogP contribution in [0, 0.1) is 5.41 Å². The third-order valence-electron chi connectivity index (χ3n) is 2.59. The minimum Gasteiger partial charge on any atom is -0.488 e. The van der Waals surface area contributed by atoms with E-state index in [1.165, 1.54) is 0 Å². The van der Waals surface area contributed by atoms with Crippen LogP contribution >= 0.6 is 27.5 Å². The van der Waals surface area contributed by atoms with Gasteiger partial charge in [0.25, 0.3) is 0 Å². The van der Waals surface area contributed by atoms with Gasteiger partial charge >= 0.3 is 0 Å². The Morgan fingerprint density at radius 2 is 1.95 bits per heavy atom. The lowest BCUT2D eigenvalue weighted by Gasteiger charge is -2.12. The van der Waals surface area contributed by atoms with Crippen molar-refractivity contribution in [1.82, 2.24) is 0 Å². The molecule has 0 heterocycles. The maximum absolute atomic E-state index is 7.55. The van der Waals surface area contributed by atoms with E-state index in [2.05, 4.69) is 15.9 Å². The van der Waals surface area contributed by atoms with Gasteiger partial charge in [0.05, 0.1) is 10.6 Å². The van der Waals surface area contributed by atoms with Gasteiger partial charge in [-0.15, -0.1) is 0 Å². The summed E-state index contributed by atoms with van der Waals surface area (Å²) in [5.74, 6) is 0.406. The molecule has 0 aliphatic carbocycles. The standard InChI is InChI=1S/C14H12BrClN2O/c15-10-5-2-1-4-9(10)8-19-12-7-3-6-11(16)13(12)14(17)18/h1-7H,8H2,(H3,17,18). The van der Waals surface area contributed by atoms with Gasteiger partial charge < -0.3 is 10.5 Å². The van der Waals surface area contributed by atoms with E-state index in [0.717, 1.165) is 10.0 Å². The fourth-order valence-corrected chi connectivity index (χ4v) is 2.32. The molecular weight excluding hydrogens is 328 g/mol. The third-order valence-corrected chi connectivity index (χ3v) is 3.67. The van der Waals surface area contributed by atoms with Crippen molar-refractivity contribution in [2.75, 3.05) is 0 Å². The first-order valence-electron chi connectivity index (χ1n) is 5.58. The SMILES string of the molecule is N=C(N)c1c(Cl)cccc1OCc1ccccc1Br. The van der Waals surface area contributed by atoms with Crippen LogP contribution in [0.1, 0.15) is 11.1 Å². The van der Waals surface area contributed by atoms with Crippen molar-refractivity contribution in [2.24, 2.45) is 5.73 Å². The Balaban J connectivity index is 2.23. The van der Waals surface area contributed by atoms with Crippen molar-refractivity contribution in [2.45, 2.75) is 6.61 Å². The van der Waals surface area contributed by atoms with Gasteiger partial charge in [-0.3, -0.25) is 5.41 Å². The topological polar surface area (TPSA) is 59.1 Å². The molecule has 0 aliphatic rings. The summed E-state index contributed by atoms with van der Waals surface area (Å²) in [6, 6.07) is 13.0. The number of benzene rings is 2. The molecule has 0 aliphatic heterocycles. The minimum atomic E-state index is -0.104. The normalized spacial score (nSPS) is 10.2. The summed E-state index contributed by atoms with van der Waals surface area (Å²) in [4.78, 5) is 0. The minimum absolute atomic E-state index is 0.104. The fourth-order valence-electron chi connectivity index (χ4n) is 1.66. The monoisotopic (exact) mass is 338 g/mol. The van der Waals surface area contributed by atoms with Crippen molar-refractivity contribution in [3.8, 4) is 5.75 Å². The van der Waals surface area contributed by atoms with Gasteiger partial charge in [0.2, 0.25) is 0 Å². The Labute approximate surface area is 125 Å². The molecule has 3 N–H and O–H groups in total. The molecule has 0 atom stereocenters. The number of hydrogen-bond donors (Lipinski definition) is 2. The maximum Gasteiger partial charge on any atom is 0.132 e. The van der Waals surface area contributed by atoms with Crippen molar-refractivity contribution >= 4 is 33.4 Å². The number of nitrogens with one attached hydrogen (secondary N) is 1. The number of nitrogens with two attached hydrogens (primary N) is 1. The zero-order chi connectivity index (χ0) is 13.8. The van der Waals surface area contributed by atoms with E-state index in [4.69, 9.17) is 27.5 Å². The molecule has 0 bridgehead atoms. The highest BCUT2D eigenvalue weighted by atomic mass is 79.9. The molecule has 19 heavy (non-hydrogen) atoms. The summed E-state index contributed by atoms with van der Waals surface area (Å²) in [5, 5.41) is 7.96. The van der Waals surface area contributed by atoms with Crippen LogP contribution in [0.2, 0.25) is 5.02 Å². The zero-order valence-corrected chi connectivity index (χ0v) is 12.3. The van der Waals surface area contributed by atoms with E-state index in [9.17, 15) is 0 Å². The van der Waals surface area contributed by atoms with Crippen LogP contribution in [-0.2, 0) is 6.61 Å². The summed E-state index contributed by atoms with van der Waals surface area (Å²) in [5.41, 5.74) is 6.96. The molecular formula is C14H12BrClN2O. The van der Waals surface area contributed by atoms with E-state index in [-0.39, 0.29) is 5.84 Å². The van der Waals surface area contributed by atoms with Crippen molar-refractivity contribution < 1.29 is 4.74 Å². The molecule has 5 heteroatoms. The number of hydrogen-bond acceptors (Lipinski definition) is 2. The van der Waals surface area contributed by atoms with E-state index in [1.54, 1.807) is 18.2 Å². The van der Waals surface area contributed by atoms with Crippen LogP contribution < -0.4 is 10.5 Å². The second-order valence-electron chi connectivity index (χ2n) is 3.91. The lowest BCUT2D eigenvalue weighted by atomic mass is 10.2. The third kappa shape index (κ3) is 3.28. The Morgan fingerprint density at radius 3 is 2.63 bits per heavy atom. The summed E-state index contributed by atoms with van der Waals surface area (Å²) in [6.45, 7) is 0.377. The molecule has 0 saturated carbocycles. The first-order valence-corrected chi connectivity index (χ1v) is 6.76. The summed E-state index contributed by atoms with van der Waals surface area (Å²) in [7, 11) is 0. The molecule has 0 saturated heterocycles. The van der Waals surface area contributed by atoms with Gasteiger partial charge in [-0.2, -0.15) is 0 Å². The average molecular weight is 340 g/mol. The number of halogens is 2. The Kier molecular flexibility index (Phi) is 4.45. The second kappa shape index (κ2) is 6.08. The molecule has 3 nitrogen and oxygen atoms in total. The van der Waals surface area contributed by atoms with Gasteiger partial charge in [0, 0.05) is 10.0 Å². The van der Waals surface area contributed by atoms with E-state index in [1.807, 2.05) is 24.3 Å². The largest absolute Gasteiger partial charge is 0.488 e. The smallest absolute Gasteiger partial charge is 0.132 e. The molecule has 2 aromatic rings. The van der Waals surface area contributed by atoms with Gasteiger partial charge in [-0.25, -0.2) is 0 Å². The van der Waals surface area contributed by atoms with Crippen LogP contribution in [0.15, 0.2) is 46.9 Å². The van der Waals surface area contributed by atoms with Gasteiger partial charge in [0.1, 0.15) is 18.2 Å². The summed E-state index contributed by atoms with van der Waals surface area (Å²) >= 11 is 9.49. The average Bonchev–Trinajstić information content (AvgIpc) is 2.37. The fraction of sp³-hybridized carbons (Fsp3) is 0.0714. The first-order chi connectivity index (χ1) is 9.09. The predicted molar refractivity (Wildman–Crippen MR) is 80.9 cm³/mol. The highest BCUT2D eigenvalue weighted by Crippen LogP contribution is 2.27. The highest BCUT2D eigenvalue weighted by molar-refractivity contribution is 9.10.